The third kappa shape index (κ3) is 3.94. The molecule has 10 heteroatoms. The van der Waals surface area contributed by atoms with Crippen LogP contribution in [0.5, 0.6) is 5.75 Å². The molecule has 3 rings (SSSR count). The molecular formula is C20H24N2O6S2. The first kappa shape index (κ1) is 22.3. The smallest absolute Gasteiger partial charge is 0.247 e. The number of carbonyl (C=O) groups is 1. The first-order valence-electron chi connectivity index (χ1n) is 9.16. The Morgan fingerprint density at radius 3 is 2.30 bits per heavy atom. The van der Waals surface area contributed by atoms with Crippen LogP contribution in [0.1, 0.15) is 19.4 Å². The third-order valence-corrected chi connectivity index (χ3v) is 8.75. The molecule has 0 bridgehead atoms. The fraction of sp³-hybridized carbons (Fsp3) is 0.350. The van der Waals surface area contributed by atoms with Crippen LogP contribution in [0.3, 0.4) is 0 Å². The number of carbonyl (C=O) groups excluding carboxylic acids is 1. The van der Waals surface area contributed by atoms with Gasteiger partial charge < -0.3 is 4.74 Å². The summed E-state index contributed by atoms with van der Waals surface area (Å²) >= 11 is 0. The molecule has 0 aliphatic carbocycles. The van der Waals surface area contributed by atoms with Crippen molar-refractivity contribution < 1.29 is 26.4 Å². The lowest BCUT2D eigenvalue weighted by Crippen LogP contribution is -2.33. The molecular weight excluding hydrogens is 428 g/mol. The number of amides is 1. The number of sulfonamides is 2. The van der Waals surface area contributed by atoms with Crippen molar-refractivity contribution in [1.29, 1.82) is 0 Å². The van der Waals surface area contributed by atoms with Gasteiger partial charge in [0.05, 0.1) is 24.0 Å². The molecule has 1 aliphatic rings. The highest BCUT2D eigenvalue weighted by molar-refractivity contribution is 7.94. The molecule has 1 heterocycles. The summed E-state index contributed by atoms with van der Waals surface area (Å²) in [5.74, 6) is -0.892. The highest BCUT2D eigenvalue weighted by Gasteiger charge is 2.50. The molecule has 1 saturated heterocycles. The average Bonchev–Trinajstić information content (AvgIpc) is 2.84. The number of rotatable bonds is 6. The molecule has 8 nitrogen and oxygen atoms in total. The lowest BCUT2D eigenvalue weighted by Gasteiger charge is -2.22. The molecule has 1 amide bonds. The van der Waals surface area contributed by atoms with Crippen LogP contribution in [-0.2, 0) is 31.4 Å². The van der Waals surface area contributed by atoms with Crippen LogP contribution in [-0.4, -0.2) is 47.0 Å². The van der Waals surface area contributed by atoms with E-state index in [1.54, 1.807) is 26.0 Å². The number of hydrogen-bond acceptors (Lipinski definition) is 6. The average molecular weight is 453 g/mol. The van der Waals surface area contributed by atoms with Crippen LogP contribution >= 0.6 is 0 Å². The molecule has 1 fully saturated rings. The molecule has 0 saturated carbocycles. The lowest BCUT2D eigenvalue weighted by atomic mass is 9.95. The summed E-state index contributed by atoms with van der Waals surface area (Å²) in [7, 11) is -5.20. The zero-order valence-electron chi connectivity index (χ0n) is 17.2. The molecule has 2 aromatic carbocycles. The number of nitrogens with zero attached hydrogens (tertiary/aromatic N) is 2. The van der Waals surface area contributed by atoms with Crippen LogP contribution in [0, 0.1) is 5.41 Å². The Morgan fingerprint density at radius 1 is 1.13 bits per heavy atom. The van der Waals surface area contributed by atoms with Gasteiger partial charge in [0.1, 0.15) is 10.6 Å². The van der Waals surface area contributed by atoms with Crippen LogP contribution in [0.2, 0.25) is 0 Å². The quantitative estimate of drug-likeness (QED) is 0.666. The SMILES string of the molecule is COc1ccc(N2C(=O)C(C)(C)CS2(=O)=O)cc1S(=O)(=O)N(C)Cc1ccccc1. The van der Waals surface area contributed by atoms with Gasteiger partial charge in [0.15, 0.2) is 0 Å². The first-order chi connectivity index (χ1) is 13.9. The highest BCUT2D eigenvalue weighted by Crippen LogP contribution is 2.38. The number of anilines is 1. The maximum atomic E-state index is 13.2. The van der Waals surface area contributed by atoms with Crippen molar-refractivity contribution in [2.45, 2.75) is 25.3 Å². The van der Waals surface area contributed by atoms with E-state index in [2.05, 4.69) is 0 Å². The van der Waals surface area contributed by atoms with Crippen molar-refractivity contribution >= 4 is 31.6 Å². The van der Waals surface area contributed by atoms with Gasteiger partial charge >= 0.3 is 0 Å². The molecule has 1 aliphatic heterocycles. The van der Waals surface area contributed by atoms with Crippen LogP contribution in [0.15, 0.2) is 53.4 Å². The molecule has 0 atom stereocenters. The zero-order valence-corrected chi connectivity index (χ0v) is 18.8. The maximum absolute atomic E-state index is 13.2. The fourth-order valence-electron chi connectivity index (χ4n) is 3.35. The van der Waals surface area contributed by atoms with Crippen LogP contribution < -0.4 is 9.04 Å². The van der Waals surface area contributed by atoms with Crippen LogP contribution in [0.4, 0.5) is 5.69 Å². The van der Waals surface area contributed by atoms with Crippen molar-refractivity contribution in [2.75, 3.05) is 24.2 Å². The summed E-state index contributed by atoms with van der Waals surface area (Å²) in [4.78, 5) is 12.5. The molecule has 0 unspecified atom stereocenters. The fourth-order valence-corrected chi connectivity index (χ4v) is 6.78. The van der Waals surface area contributed by atoms with Crippen LogP contribution in [0.25, 0.3) is 0 Å². The Bertz CT molecular complexity index is 1180. The molecule has 30 heavy (non-hydrogen) atoms. The van der Waals surface area contributed by atoms with Gasteiger partial charge in [0.25, 0.3) is 0 Å². The number of hydrogen-bond donors (Lipinski definition) is 0. The number of ether oxygens (including phenoxy) is 1. The summed E-state index contributed by atoms with van der Waals surface area (Å²) in [6.45, 7) is 3.20. The second-order valence-electron chi connectivity index (χ2n) is 7.79. The van der Waals surface area contributed by atoms with Crippen molar-refractivity contribution in [1.82, 2.24) is 4.31 Å². The monoisotopic (exact) mass is 452 g/mol. The molecule has 2 aromatic rings. The van der Waals surface area contributed by atoms with E-state index in [-0.39, 0.29) is 28.6 Å². The Hall–Kier alpha value is -2.43. The Morgan fingerprint density at radius 2 is 1.77 bits per heavy atom. The van der Waals surface area contributed by atoms with E-state index in [4.69, 9.17) is 4.74 Å². The minimum Gasteiger partial charge on any atom is -0.495 e. The van der Waals surface area contributed by atoms with E-state index < -0.39 is 31.4 Å². The summed E-state index contributed by atoms with van der Waals surface area (Å²) in [5.41, 5.74) is -0.335. The minimum atomic E-state index is -4.04. The lowest BCUT2D eigenvalue weighted by molar-refractivity contribution is -0.123. The second kappa shape index (κ2) is 7.68. The third-order valence-electron chi connectivity index (χ3n) is 4.90. The predicted molar refractivity (Wildman–Crippen MR) is 113 cm³/mol. The van der Waals surface area contributed by atoms with E-state index in [0.717, 1.165) is 9.87 Å². The van der Waals surface area contributed by atoms with Gasteiger partial charge in [0, 0.05) is 13.6 Å². The Balaban J connectivity index is 2.06. The summed E-state index contributed by atoms with van der Waals surface area (Å²) < 4.78 is 58.7. The van der Waals surface area contributed by atoms with Crippen molar-refractivity contribution in [3.05, 3.63) is 54.1 Å². The van der Waals surface area contributed by atoms with Gasteiger partial charge in [-0.25, -0.2) is 21.1 Å². The van der Waals surface area contributed by atoms with Gasteiger partial charge in [-0.3, -0.25) is 4.79 Å². The number of methoxy groups -OCH3 is 1. The molecule has 0 radical (unpaired) electrons. The molecule has 162 valence electrons. The molecule has 0 spiro atoms. The zero-order chi connectivity index (χ0) is 22.3. The van der Waals surface area contributed by atoms with E-state index >= 15 is 0 Å². The summed E-state index contributed by atoms with van der Waals surface area (Å²) in [6.07, 6.45) is 0. The van der Waals surface area contributed by atoms with E-state index in [1.807, 2.05) is 18.2 Å². The predicted octanol–water partition coefficient (Wildman–Crippen LogP) is 2.22. The van der Waals surface area contributed by atoms with Crippen molar-refractivity contribution in [3.63, 3.8) is 0 Å². The Labute approximate surface area is 177 Å². The van der Waals surface area contributed by atoms with Gasteiger partial charge in [-0.15, -0.1) is 0 Å². The summed E-state index contributed by atoms with van der Waals surface area (Å²) in [6, 6.07) is 12.9. The van der Waals surface area contributed by atoms with Gasteiger partial charge in [-0.1, -0.05) is 30.3 Å². The maximum Gasteiger partial charge on any atom is 0.247 e. The van der Waals surface area contributed by atoms with Gasteiger partial charge in [-0.05, 0) is 37.6 Å². The second-order valence-corrected chi connectivity index (χ2v) is 11.6. The van der Waals surface area contributed by atoms with Crippen molar-refractivity contribution in [2.24, 2.45) is 5.41 Å². The minimum absolute atomic E-state index is 0.0296. The number of benzene rings is 2. The van der Waals surface area contributed by atoms with Gasteiger partial charge in [-0.2, -0.15) is 4.31 Å². The molecule has 0 aromatic heterocycles. The summed E-state index contributed by atoms with van der Waals surface area (Å²) in [5, 5.41) is 0. The van der Waals surface area contributed by atoms with E-state index in [9.17, 15) is 21.6 Å². The largest absolute Gasteiger partial charge is 0.495 e. The standard InChI is InChI=1S/C20H24N2O6S2/c1-20(2)14-29(24,25)22(19(20)23)16-10-11-17(28-4)18(12-16)30(26,27)21(3)13-15-8-6-5-7-9-15/h5-12H,13-14H2,1-4H3. The normalized spacial score (nSPS) is 18.0. The van der Waals surface area contributed by atoms with Gasteiger partial charge in [0.2, 0.25) is 26.0 Å². The highest BCUT2D eigenvalue weighted by atomic mass is 32.2. The first-order valence-corrected chi connectivity index (χ1v) is 12.2. The van der Waals surface area contributed by atoms with E-state index in [0.29, 0.717) is 4.31 Å². The van der Waals surface area contributed by atoms with Crippen molar-refractivity contribution in [3.8, 4) is 5.75 Å². The topological polar surface area (TPSA) is 101 Å². The molecule has 0 N–H and O–H groups in total. The van der Waals surface area contributed by atoms with E-state index in [1.165, 1.54) is 32.4 Å². The Kier molecular flexibility index (Phi) is 5.70.